The van der Waals surface area contributed by atoms with E-state index >= 15 is 0 Å². The second kappa shape index (κ2) is 2.51. The van der Waals surface area contributed by atoms with Crippen molar-refractivity contribution in [1.82, 2.24) is 5.16 Å². The second-order valence-corrected chi connectivity index (χ2v) is 2.20. The van der Waals surface area contributed by atoms with Gasteiger partial charge in [-0.1, -0.05) is 32.7 Å². The normalized spacial score (nSPS) is 9.75. The minimum atomic E-state index is 0.402. The SMILES string of the molecule is Clc1cc(CBr)on1. The summed E-state index contributed by atoms with van der Waals surface area (Å²) < 4.78 is 4.68. The van der Waals surface area contributed by atoms with Crippen molar-refractivity contribution >= 4 is 27.5 Å². The predicted octanol–water partition coefficient (Wildman–Crippen LogP) is 2.22. The van der Waals surface area contributed by atoms with Crippen LogP contribution < -0.4 is 0 Å². The molecule has 0 fully saturated rings. The first-order chi connectivity index (χ1) is 3.83. The Kier molecular flexibility index (Phi) is 1.91. The van der Waals surface area contributed by atoms with E-state index in [9.17, 15) is 0 Å². The molecule has 0 radical (unpaired) electrons. The second-order valence-electron chi connectivity index (χ2n) is 1.25. The average molecular weight is 196 g/mol. The van der Waals surface area contributed by atoms with Crippen molar-refractivity contribution in [1.29, 1.82) is 0 Å². The van der Waals surface area contributed by atoms with E-state index in [2.05, 4.69) is 25.6 Å². The van der Waals surface area contributed by atoms with Crippen molar-refractivity contribution in [3.8, 4) is 0 Å². The van der Waals surface area contributed by atoms with Gasteiger partial charge >= 0.3 is 0 Å². The maximum Gasteiger partial charge on any atom is 0.172 e. The highest BCUT2D eigenvalue weighted by atomic mass is 79.9. The van der Waals surface area contributed by atoms with Crippen LogP contribution in [0.3, 0.4) is 0 Å². The number of hydrogen-bond acceptors (Lipinski definition) is 2. The van der Waals surface area contributed by atoms with Crippen LogP contribution in [0.2, 0.25) is 5.15 Å². The monoisotopic (exact) mass is 195 g/mol. The third-order valence-electron chi connectivity index (χ3n) is 0.662. The summed E-state index contributed by atoms with van der Waals surface area (Å²) >= 11 is 8.59. The van der Waals surface area contributed by atoms with Crippen LogP contribution in [0.1, 0.15) is 5.76 Å². The van der Waals surface area contributed by atoms with Crippen molar-refractivity contribution in [2.45, 2.75) is 5.33 Å². The molecule has 1 heterocycles. The fraction of sp³-hybridized carbons (Fsp3) is 0.250. The lowest BCUT2D eigenvalue weighted by Crippen LogP contribution is -1.62. The summed E-state index contributed by atoms with van der Waals surface area (Å²) in [5.41, 5.74) is 0. The molecule has 0 aliphatic carbocycles. The number of rotatable bonds is 1. The van der Waals surface area contributed by atoms with Gasteiger partial charge in [-0.25, -0.2) is 0 Å². The minimum Gasteiger partial charge on any atom is -0.359 e. The zero-order valence-corrected chi connectivity index (χ0v) is 6.24. The number of nitrogens with zero attached hydrogens (tertiary/aromatic N) is 1. The first-order valence-corrected chi connectivity index (χ1v) is 3.50. The van der Waals surface area contributed by atoms with Gasteiger partial charge in [-0.2, -0.15) is 0 Å². The van der Waals surface area contributed by atoms with E-state index in [1.54, 1.807) is 6.07 Å². The molecule has 44 valence electrons. The summed E-state index contributed by atoms with van der Waals surface area (Å²) in [5, 5.41) is 4.51. The Balaban J connectivity index is 2.84. The van der Waals surface area contributed by atoms with E-state index < -0.39 is 0 Å². The summed E-state index contributed by atoms with van der Waals surface area (Å²) in [7, 11) is 0. The predicted molar refractivity (Wildman–Crippen MR) is 34.1 cm³/mol. The number of alkyl halides is 1. The van der Waals surface area contributed by atoms with Gasteiger partial charge in [0.2, 0.25) is 0 Å². The zero-order chi connectivity index (χ0) is 5.98. The molecule has 0 saturated carbocycles. The van der Waals surface area contributed by atoms with Crippen molar-refractivity contribution in [3.05, 3.63) is 17.0 Å². The van der Waals surface area contributed by atoms with Gasteiger partial charge in [0.15, 0.2) is 5.15 Å². The van der Waals surface area contributed by atoms with Crippen LogP contribution in [0.15, 0.2) is 10.6 Å². The highest BCUT2D eigenvalue weighted by Crippen LogP contribution is 2.10. The number of hydrogen-bond donors (Lipinski definition) is 0. The van der Waals surface area contributed by atoms with Crippen LogP contribution >= 0.6 is 27.5 Å². The van der Waals surface area contributed by atoms with Crippen LogP contribution in [0.5, 0.6) is 0 Å². The maximum absolute atomic E-state index is 5.41. The van der Waals surface area contributed by atoms with E-state index in [0.29, 0.717) is 10.5 Å². The number of aromatic nitrogens is 1. The molecular weight excluding hydrogens is 193 g/mol. The Labute approximate surface area is 59.9 Å². The van der Waals surface area contributed by atoms with E-state index in [4.69, 9.17) is 11.6 Å². The molecular formula is C4H3BrClNO. The van der Waals surface area contributed by atoms with E-state index in [0.717, 1.165) is 5.76 Å². The first-order valence-electron chi connectivity index (χ1n) is 2.00. The van der Waals surface area contributed by atoms with Gasteiger partial charge in [0.25, 0.3) is 0 Å². The van der Waals surface area contributed by atoms with Gasteiger partial charge in [-0.05, 0) is 0 Å². The lowest BCUT2D eigenvalue weighted by molar-refractivity contribution is 0.396. The fourth-order valence-electron chi connectivity index (χ4n) is 0.351. The van der Waals surface area contributed by atoms with Crippen LogP contribution in [0.4, 0.5) is 0 Å². The van der Waals surface area contributed by atoms with Gasteiger partial charge < -0.3 is 4.52 Å². The molecule has 0 N–H and O–H groups in total. The van der Waals surface area contributed by atoms with Crippen LogP contribution in [-0.2, 0) is 5.33 Å². The molecule has 2 nitrogen and oxygen atoms in total. The molecule has 0 spiro atoms. The molecule has 0 atom stereocenters. The molecule has 0 amide bonds. The lowest BCUT2D eigenvalue weighted by Gasteiger charge is -1.74. The van der Waals surface area contributed by atoms with Crippen LogP contribution in [-0.4, -0.2) is 5.16 Å². The Morgan fingerprint density at radius 2 is 2.62 bits per heavy atom. The molecule has 0 saturated heterocycles. The quantitative estimate of drug-likeness (QED) is 0.644. The molecule has 4 heteroatoms. The van der Waals surface area contributed by atoms with Crippen molar-refractivity contribution in [2.75, 3.05) is 0 Å². The van der Waals surface area contributed by atoms with Crippen LogP contribution in [0.25, 0.3) is 0 Å². The van der Waals surface area contributed by atoms with Crippen molar-refractivity contribution < 1.29 is 4.52 Å². The first kappa shape index (κ1) is 6.11. The van der Waals surface area contributed by atoms with Gasteiger partial charge in [0, 0.05) is 6.07 Å². The smallest absolute Gasteiger partial charge is 0.172 e. The zero-order valence-electron chi connectivity index (χ0n) is 3.90. The molecule has 0 bridgehead atoms. The Bertz CT molecular complexity index is 176. The molecule has 1 rings (SSSR count). The molecule has 8 heavy (non-hydrogen) atoms. The molecule has 0 unspecified atom stereocenters. The molecule has 1 aromatic heterocycles. The Morgan fingerprint density at radius 3 is 2.88 bits per heavy atom. The third-order valence-corrected chi connectivity index (χ3v) is 1.39. The van der Waals surface area contributed by atoms with Gasteiger partial charge in [0.05, 0.1) is 5.33 Å². The highest BCUT2D eigenvalue weighted by molar-refractivity contribution is 9.08. The Hall–Kier alpha value is -0.0200. The fourth-order valence-corrected chi connectivity index (χ4v) is 0.771. The average Bonchev–Trinajstić information content (AvgIpc) is 2.14. The van der Waals surface area contributed by atoms with Gasteiger partial charge in [0.1, 0.15) is 5.76 Å². The van der Waals surface area contributed by atoms with E-state index in [1.165, 1.54) is 0 Å². The summed E-state index contributed by atoms with van der Waals surface area (Å²) in [6.45, 7) is 0. The summed E-state index contributed by atoms with van der Waals surface area (Å²) in [4.78, 5) is 0. The highest BCUT2D eigenvalue weighted by Gasteiger charge is 1.96. The van der Waals surface area contributed by atoms with Crippen molar-refractivity contribution in [3.63, 3.8) is 0 Å². The Morgan fingerprint density at radius 1 is 1.88 bits per heavy atom. The lowest BCUT2D eigenvalue weighted by atomic mass is 10.5. The van der Waals surface area contributed by atoms with Crippen LogP contribution in [0, 0.1) is 0 Å². The maximum atomic E-state index is 5.41. The largest absolute Gasteiger partial charge is 0.359 e. The third kappa shape index (κ3) is 1.23. The van der Waals surface area contributed by atoms with Gasteiger partial charge in [-0.15, -0.1) is 0 Å². The molecule has 1 aromatic rings. The van der Waals surface area contributed by atoms with E-state index in [1.807, 2.05) is 0 Å². The topological polar surface area (TPSA) is 26.0 Å². The minimum absolute atomic E-state index is 0.402. The summed E-state index contributed by atoms with van der Waals surface area (Å²) in [5.74, 6) is 0.745. The molecule has 0 aliphatic rings. The number of halogens is 2. The summed E-state index contributed by atoms with van der Waals surface area (Å²) in [6, 6.07) is 1.66. The standard InChI is InChI=1S/C4H3BrClNO/c5-2-3-1-4(6)7-8-3/h1H,2H2. The molecule has 0 aliphatic heterocycles. The summed E-state index contributed by atoms with van der Waals surface area (Å²) in [6.07, 6.45) is 0. The molecule has 0 aromatic carbocycles. The van der Waals surface area contributed by atoms with E-state index in [-0.39, 0.29) is 0 Å². The van der Waals surface area contributed by atoms with Crippen molar-refractivity contribution in [2.24, 2.45) is 0 Å². The van der Waals surface area contributed by atoms with Gasteiger partial charge in [-0.3, -0.25) is 0 Å².